The van der Waals surface area contributed by atoms with Gasteiger partial charge in [0.1, 0.15) is 0 Å². The highest BCUT2D eigenvalue weighted by Gasteiger charge is 2.30. The Hall–Kier alpha value is 0.430. The molecule has 0 bridgehead atoms. The van der Waals surface area contributed by atoms with Gasteiger partial charge in [-0.2, -0.15) is 0 Å². The summed E-state index contributed by atoms with van der Waals surface area (Å²) in [5, 5.41) is 0. The Kier molecular flexibility index (Phi) is 7.90. The maximum absolute atomic E-state index is 2.45. The fraction of sp³-hybridized carbons (Fsp3) is 0.857. The molecule has 0 aromatic carbocycles. The lowest BCUT2D eigenvalue weighted by atomic mass is 10.0. The smallest absolute Gasteiger partial charge is 0.0862 e. The predicted octanol–water partition coefficient (Wildman–Crippen LogP) is 0.756. The fourth-order valence-electron chi connectivity index (χ4n) is 2.60. The summed E-state index contributed by atoms with van der Waals surface area (Å²) in [6.45, 7) is 9.62. The maximum atomic E-state index is 2.45. The molecule has 1 atom stereocenters. The van der Waals surface area contributed by atoms with Crippen LogP contribution in [0, 0.1) is 0 Å². The summed E-state index contributed by atoms with van der Waals surface area (Å²) in [7, 11) is 2.45. The zero-order chi connectivity index (χ0) is 11.3. The van der Waals surface area contributed by atoms with Gasteiger partial charge in [0, 0.05) is 6.42 Å². The van der Waals surface area contributed by atoms with Gasteiger partial charge in [-0.3, -0.25) is 0 Å². The number of hydrogen-bond donors (Lipinski definition) is 0. The predicted molar refractivity (Wildman–Crippen MR) is 67.9 cm³/mol. The van der Waals surface area contributed by atoms with E-state index in [-0.39, 0.29) is 24.0 Å². The van der Waals surface area contributed by atoms with Crippen LogP contribution in [0.25, 0.3) is 0 Å². The summed E-state index contributed by atoms with van der Waals surface area (Å²) in [5.74, 6) is 0. The van der Waals surface area contributed by atoms with Crippen LogP contribution in [0.1, 0.15) is 52.9 Å². The summed E-state index contributed by atoms with van der Waals surface area (Å²) < 4.78 is 1.32. The van der Waals surface area contributed by atoms with Gasteiger partial charge in [0.15, 0.2) is 0 Å². The second-order valence-electron chi connectivity index (χ2n) is 5.70. The number of rotatable bonds is 4. The average molecular weight is 337 g/mol. The minimum absolute atomic E-state index is 0. The van der Waals surface area contributed by atoms with Crippen LogP contribution in [-0.4, -0.2) is 30.7 Å². The monoisotopic (exact) mass is 337 g/mol. The molecule has 1 aliphatic rings. The summed E-state index contributed by atoms with van der Waals surface area (Å²) >= 11 is 0. The summed E-state index contributed by atoms with van der Waals surface area (Å²) in [6.07, 6.45) is 9.31. The largest absolute Gasteiger partial charge is 1.00 e. The number of piperidine rings is 1. The molecule has 1 unspecified atom stereocenters. The Bertz CT molecular complexity index is 213. The SMILES string of the molecule is CC(C)=CCCC(C)[N+]1(C)CCCCC1.[I-]. The number of nitrogens with zero attached hydrogens (tertiary/aromatic N) is 1. The molecule has 0 aliphatic carbocycles. The number of likely N-dealkylation sites (tertiary alicyclic amines) is 1. The van der Waals surface area contributed by atoms with Crippen LogP contribution in [0.2, 0.25) is 0 Å². The van der Waals surface area contributed by atoms with Gasteiger partial charge < -0.3 is 28.5 Å². The zero-order valence-electron chi connectivity index (χ0n) is 11.4. The van der Waals surface area contributed by atoms with Gasteiger partial charge in [0.2, 0.25) is 0 Å². The third kappa shape index (κ3) is 5.17. The van der Waals surface area contributed by atoms with Crippen molar-refractivity contribution in [1.29, 1.82) is 0 Å². The van der Waals surface area contributed by atoms with Crippen molar-refractivity contribution < 1.29 is 28.5 Å². The first-order valence-corrected chi connectivity index (χ1v) is 6.52. The Morgan fingerprint density at radius 2 is 1.75 bits per heavy atom. The molecule has 0 aromatic rings. The Morgan fingerprint density at radius 3 is 2.25 bits per heavy atom. The first-order chi connectivity index (χ1) is 7.04. The lowest BCUT2D eigenvalue weighted by Gasteiger charge is -2.43. The van der Waals surface area contributed by atoms with Gasteiger partial charge in [-0.15, -0.1) is 0 Å². The van der Waals surface area contributed by atoms with Gasteiger partial charge >= 0.3 is 0 Å². The Morgan fingerprint density at radius 1 is 1.19 bits per heavy atom. The van der Waals surface area contributed by atoms with E-state index in [9.17, 15) is 0 Å². The molecule has 1 aliphatic heterocycles. The highest BCUT2D eigenvalue weighted by molar-refractivity contribution is 4.92. The second kappa shape index (κ2) is 7.70. The van der Waals surface area contributed by atoms with E-state index in [0.717, 1.165) is 6.04 Å². The van der Waals surface area contributed by atoms with Crippen LogP contribution in [0.3, 0.4) is 0 Å². The van der Waals surface area contributed by atoms with E-state index in [0.29, 0.717) is 0 Å². The fourth-order valence-corrected chi connectivity index (χ4v) is 2.60. The van der Waals surface area contributed by atoms with Gasteiger partial charge in [0.05, 0.1) is 26.2 Å². The van der Waals surface area contributed by atoms with E-state index >= 15 is 0 Å². The van der Waals surface area contributed by atoms with Crippen LogP contribution < -0.4 is 24.0 Å². The first-order valence-electron chi connectivity index (χ1n) is 6.52. The molecule has 0 N–H and O–H groups in total. The van der Waals surface area contributed by atoms with Crippen molar-refractivity contribution in [3.05, 3.63) is 11.6 Å². The van der Waals surface area contributed by atoms with Crippen molar-refractivity contribution in [3.63, 3.8) is 0 Å². The van der Waals surface area contributed by atoms with Crippen molar-refractivity contribution in [2.75, 3.05) is 20.1 Å². The van der Waals surface area contributed by atoms with Crippen molar-refractivity contribution in [1.82, 2.24) is 0 Å². The van der Waals surface area contributed by atoms with Gasteiger partial charge in [-0.25, -0.2) is 0 Å². The molecule has 16 heavy (non-hydrogen) atoms. The van der Waals surface area contributed by atoms with E-state index in [2.05, 4.69) is 33.9 Å². The third-order valence-electron chi connectivity index (χ3n) is 4.04. The molecule has 0 aromatic heterocycles. The highest BCUT2D eigenvalue weighted by Crippen LogP contribution is 2.22. The Balaban J connectivity index is 0.00000225. The summed E-state index contributed by atoms with van der Waals surface area (Å²) in [4.78, 5) is 0. The lowest BCUT2D eigenvalue weighted by molar-refractivity contribution is -0.936. The number of quaternary nitrogens is 1. The van der Waals surface area contributed by atoms with Gasteiger partial charge in [-0.05, 0) is 46.5 Å². The van der Waals surface area contributed by atoms with Crippen molar-refractivity contribution in [2.24, 2.45) is 0 Å². The first kappa shape index (κ1) is 16.4. The van der Waals surface area contributed by atoms with Crippen LogP contribution in [0.15, 0.2) is 11.6 Å². The lowest BCUT2D eigenvalue weighted by Crippen LogP contribution is -3.00. The molecule has 1 saturated heterocycles. The molecule has 0 amide bonds. The normalized spacial score (nSPS) is 20.8. The quantitative estimate of drug-likeness (QED) is 0.404. The van der Waals surface area contributed by atoms with E-state index < -0.39 is 0 Å². The van der Waals surface area contributed by atoms with Gasteiger partial charge in [0.25, 0.3) is 0 Å². The number of hydrogen-bond acceptors (Lipinski definition) is 0. The Labute approximate surface area is 119 Å². The summed E-state index contributed by atoms with van der Waals surface area (Å²) in [6, 6.07) is 0.834. The van der Waals surface area contributed by atoms with E-state index in [1.807, 2.05) is 0 Å². The zero-order valence-corrected chi connectivity index (χ0v) is 13.6. The molecule has 2 heteroatoms. The van der Waals surface area contributed by atoms with E-state index in [1.54, 1.807) is 0 Å². The number of allylic oxidation sites excluding steroid dienone is 2. The van der Waals surface area contributed by atoms with Crippen LogP contribution in [0.4, 0.5) is 0 Å². The summed E-state index contributed by atoms with van der Waals surface area (Å²) in [5.41, 5.74) is 1.46. The standard InChI is InChI=1S/C14H28N.HI/c1-13(2)9-8-10-14(3)15(4)11-6-5-7-12-15;/h9,14H,5-8,10-12H2,1-4H3;1H/q+1;/p-1. The molecular weight excluding hydrogens is 309 g/mol. The average Bonchev–Trinajstić information content (AvgIpc) is 2.18. The molecule has 0 spiro atoms. The maximum Gasteiger partial charge on any atom is 0.0862 e. The van der Waals surface area contributed by atoms with E-state index in [1.165, 1.54) is 55.2 Å². The molecule has 0 saturated carbocycles. The minimum Gasteiger partial charge on any atom is -1.00 e. The molecule has 1 nitrogen and oxygen atoms in total. The minimum atomic E-state index is 0. The van der Waals surface area contributed by atoms with Gasteiger partial charge in [-0.1, -0.05) is 11.6 Å². The second-order valence-corrected chi connectivity index (χ2v) is 5.70. The number of halogens is 1. The van der Waals surface area contributed by atoms with Crippen LogP contribution >= 0.6 is 0 Å². The molecule has 1 fully saturated rings. The third-order valence-corrected chi connectivity index (χ3v) is 4.04. The molecular formula is C14H28IN. The molecule has 0 radical (unpaired) electrons. The van der Waals surface area contributed by atoms with Crippen molar-refractivity contribution >= 4 is 0 Å². The highest BCUT2D eigenvalue weighted by atomic mass is 127. The topological polar surface area (TPSA) is 0 Å². The molecule has 1 rings (SSSR count). The van der Waals surface area contributed by atoms with E-state index in [4.69, 9.17) is 0 Å². The van der Waals surface area contributed by atoms with Crippen molar-refractivity contribution in [2.45, 2.75) is 58.9 Å². The molecule has 1 heterocycles. The van der Waals surface area contributed by atoms with Crippen LogP contribution in [-0.2, 0) is 0 Å². The molecule has 96 valence electrons. The van der Waals surface area contributed by atoms with Crippen molar-refractivity contribution in [3.8, 4) is 0 Å². The van der Waals surface area contributed by atoms with Crippen LogP contribution in [0.5, 0.6) is 0 Å².